The third-order valence-electron chi connectivity index (χ3n) is 4.08. The van der Waals surface area contributed by atoms with E-state index in [1.54, 1.807) is 11.3 Å². The van der Waals surface area contributed by atoms with E-state index in [2.05, 4.69) is 27.3 Å². The Morgan fingerprint density at radius 2 is 1.83 bits per heavy atom. The molecule has 3 rings (SSSR count). The Hall–Kier alpha value is -1.40. The zero-order valence-electron chi connectivity index (χ0n) is 13.3. The summed E-state index contributed by atoms with van der Waals surface area (Å²) in [5, 5.41) is 13.6. The number of ether oxygens (including phenoxy) is 1. The van der Waals surface area contributed by atoms with E-state index >= 15 is 0 Å². The van der Waals surface area contributed by atoms with Crippen molar-refractivity contribution in [2.75, 3.05) is 44.2 Å². The first-order valence-corrected chi connectivity index (χ1v) is 9.00. The zero-order valence-corrected chi connectivity index (χ0v) is 14.1. The Morgan fingerprint density at radius 1 is 1.04 bits per heavy atom. The number of aliphatic hydroxyl groups excluding tert-OH is 1. The molecule has 1 aliphatic rings. The van der Waals surface area contributed by atoms with Gasteiger partial charge in [0, 0.05) is 32.7 Å². The lowest BCUT2D eigenvalue weighted by Gasteiger charge is -2.36. The van der Waals surface area contributed by atoms with Gasteiger partial charge in [-0.15, -0.1) is 11.3 Å². The fourth-order valence-corrected chi connectivity index (χ4v) is 3.62. The zero-order chi connectivity index (χ0) is 15.9. The highest BCUT2D eigenvalue weighted by Gasteiger charge is 2.19. The van der Waals surface area contributed by atoms with Crippen LogP contribution in [0.4, 0.5) is 5.00 Å². The summed E-state index contributed by atoms with van der Waals surface area (Å²) in [6.45, 7) is 5.68. The quantitative estimate of drug-likeness (QED) is 0.845. The number of hydrogen-bond acceptors (Lipinski definition) is 5. The lowest BCUT2D eigenvalue weighted by molar-refractivity contribution is 0.00915. The molecular formula is C18H24N2O2S. The summed E-state index contributed by atoms with van der Waals surface area (Å²) in [4.78, 5) is 4.74. The second-order valence-electron chi connectivity index (χ2n) is 5.89. The van der Waals surface area contributed by atoms with Crippen molar-refractivity contribution in [3.05, 3.63) is 53.4 Å². The van der Waals surface area contributed by atoms with Crippen LogP contribution in [0.15, 0.2) is 47.8 Å². The molecule has 0 amide bonds. The van der Waals surface area contributed by atoms with E-state index in [0.717, 1.165) is 31.7 Å². The highest BCUT2D eigenvalue weighted by Crippen LogP contribution is 2.22. The van der Waals surface area contributed by atoms with Gasteiger partial charge in [-0.1, -0.05) is 30.3 Å². The molecule has 0 aliphatic carbocycles. The van der Waals surface area contributed by atoms with Gasteiger partial charge < -0.3 is 14.7 Å². The molecule has 4 nitrogen and oxygen atoms in total. The number of piperazine rings is 1. The summed E-state index contributed by atoms with van der Waals surface area (Å²) in [6.07, 6.45) is -0.424. The summed E-state index contributed by atoms with van der Waals surface area (Å²) >= 11 is 1.79. The largest absolute Gasteiger partial charge is 0.389 e. The van der Waals surface area contributed by atoms with E-state index in [1.807, 2.05) is 30.3 Å². The Bertz CT molecular complexity index is 554. The molecule has 0 bridgehead atoms. The summed E-state index contributed by atoms with van der Waals surface area (Å²) < 4.78 is 5.62. The maximum absolute atomic E-state index is 10.2. The number of anilines is 1. The van der Waals surface area contributed by atoms with Gasteiger partial charge in [-0.3, -0.25) is 4.90 Å². The number of nitrogens with zero attached hydrogens (tertiary/aromatic N) is 2. The van der Waals surface area contributed by atoms with Crippen LogP contribution in [0.25, 0.3) is 0 Å². The number of hydrogen-bond donors (Lipinski definition) is 1. The first-order valence-electron chi connectivity index (χ1n) is 8.12. The van der Waals surface area contributed by atoms with Crippen molar-refractivity contribution in [3.63, 3.8) is 0 Å². The first kappa shape index (κ1) is 16.5. The standard InChI is InChI=1S/C18H24N2O2S/c21-17(15-22-14-16-5-2-1-3-6-16)13-19-8-10-20(11-9-19)18-7-4-12-23-18/h1-7,12,17,21H,8-11,13-15H2. The van der Waals surface area contributed by atoms with Gasteiger partial charge in [0.1, 0.15) is 0 Å². The van der Waals surface area contributed by atoms with Crippen molar-refractivity contribution < 1.29 is 9.84 Å². The Balaban J connectivity index is 1.34. The van der Waals surface area contributed by atoms with Crippen molar-refractivity contribution in [2.24, 2.45) is 0 Å². The highest BCUT2D eigenvalue weighted by atomic mass is 32.1. The van der Waals surface area contributed by atoms with Crippen molar-refractivity contribution in [1.82, 2.24) is 4.90 Å². The van der Waals surface area contributed by atoms with Crippen LogP contribution in [0.1, 0.15) is 5.56 Å². The molecule has 2 heterocycles. The minimum Gasteiger partial charge on any atom is -0.389 e. The molecular weight excluding hydrogens is 308 g/mol. The fraction of sp³-hybridized carbons (Fsp3) is 0.444. The molecule has 1 N–H and O–H groups in total. The second kappa shape index (κ2) is 8.45. The summed E-state index contributed by atoms with van der Waals surface area (Å²) in [7, 11) is 0. The van der Waals surface area contributed by atoms with Crippen molar-refractivity contribution in [2.45, 2.75) is 12.7 Å². The summed E-state index contributed by atoms with van der Waals surface area (Å²) in [6, 6.07) is 14.3. The number of β-amino-alcohol motifs (C(OH)–C–C–N with tert-alkyl or cyclic N) is 1. The molecule has 1 aliphatic heterocycles. The number of aliphatic hydroxyl groups is 1. The van der Waals surface area contributed by atoms with E-state index in [4.69, 9.17) is 4.74 Å². The molecule has 124 valence electrons. The minimum absolute atomic E-state index is 0.389. The Kier molecular flexibility index (Phi) is 6.05. The minimum atomic E-state index is -0.424. The monoisotopic (exact) mass is 332 g/mol. The van der Waals surface area contributed by atoms with Crippen LogP contribution >= 0.6 is 11.3 Å². The molecule has 1 atom stereocenters. The molecule has 1 fully saturated rings. The lowest BCUT2D eigenvalue weighted by Crippen LogP contribution is -2.49. The molecule has 0 spiro atoms. The fourth-order valence-electron chi connectivity index (χ4n) is 2.84. The van der Waals surface area contributed by atoms with Crippen molar-refractivity contribution in [1.29, 1.82) is 0 Å². The molecule has 2 aromatic rings. The van der Waals surface area contributed by atoms with Gasteiger partial charge in [-0.25, -0.2) is 0 Å². The van der Waals surface area contributed by atoms with E-state index in [-0.39, 0.29) is 0 Å². The lowest BCUT2D eigenvalue weighted by atomic mass is 10.2. The van der Waals surface area contributed by atoms with Gasteiger partial charge in [0.25, 0.3) is 0 Å². The number of benzene rings is 1. The van der Waals surface area contributed by atoms with Crippen LogP contribution in [0.2, 0.25) is 0 Å². The van der Waals surface area contributed by atoms with E-state index in [0.29, 0.717) is 19.8 Å². The van der Waals surface area contributed by atoms with Crippen molar-refractivity contribution >= 4 is 16.3 Å². The average Bonchev–Trinajstić information content (AvgIpc) is 3.11. The third-order valence-corrected chi connectivity index (χ3v) is 5.01. The Labute approximate surface area is 141 Å². The van der Waals surface area contributed by atoms with Crippen LogP contribution in [-0.2, 0) is 11.3 Å². The van der Waals surface area contributed by atoms with Crippen LogP contribution in [0.3, 0.4) is 0 Å². The topological polar surface area (TPSA) is 35.9 Å². The first-order chi connectivity index (χ1) is 11.3. The molecule has 5 heteroatoms. The maximum atomic E-state index is 10.2. The normalized spacial score (nSPS) is 17.3. The van der Waals surface area contributed by atoms with Crippen molar-refractivity contribution in [3.8, 4) is 0 Å². The molecule has 0 radical (unpaired) electrons. The van der Waals surface area contributed by atoms with Gasteiger partial charge in [-0.05, 0) is 23.1 Å². The van der Waals surface area contributed by atoms with E-state index in [9.17, 15) is 5.11 Å². The molecule has 1 aromatic carbocycles. The highest BCUT2D eigenvalue weighted by molar-refractivity contribution is 7.14. The predicted molar refractivity (Wildman–Crippen MR) is 95.1 cm³/mol. The van der Waals surface area contributed by atoms with Gasteiger partial charge in [0.05, 0.1) is 24.3 Å². The molecule has 1 saturated heterocycles. The van der Waals surface area contributed by atoms with Crippen LogP contribution < -0.4 is 4.90 Å². The molecule has 0 saturated carbocycles. The molecule has 23 heavy (non-hydrogen) atoms. The number of thiophene rings is 1. The van der Waals surface area contributed by atoms with E-state index < -0.39 is 6.10 Å². The second-order valence-corrected chi connectivity index (χ2v) is 6.82. The van der Waals surface area contributed by atoms with Crippen LogP contribution in [-0.4, -0.2) is 55.4 Å². The predicted octanol–water partition coefficient (Wildman–Crippen LogP) is 2.45. The number of rotatable bonds is 7. The molecule has 1 aromatic heterocycles. The van der Waals surface area contributed by atoms with Gasteiger partial charge >= 0.3 is 0 Å². The third kappa shape index (κ3) is 5.04. The smallest absolute Gasteiger partial charge is 0.0909 e. The van der Waals surface area contributed by atoms with Crippen LogP contribution in [0, 0.1) is 0 Å². The Morgan fingerprint density at radius 3 is 2.52 bits per heavy atom. The molecule has 1 unspecified atom stereocenters. The summed E-state index contributed by atoms with van der Waals surface area (Å²) in [5.41, 5.74) is 1.14. The van der Waals surface area contributed by atoms with E-state index in [1.165, 1.54) is 5.00 Å². The SMILES string of the molecule is OC(COCc1ccccc1)CN1CCN(c2cccs2)CC1. The van der Waals surface area contributed by atoms with Crippen LogP contribution in [0.5, 0.6) is 0 Å². The van der Waals surface area contributed by atoms with Gasteiger partial charge in [-0.2, -0.15) is 0 Å². The maximum Gasteiger partial charge on any atom is 0.0909 e. The van der Waals surface area contributed by atoms with Gasteiger partial charge in [0.2, 0.25) is 0 Å². The average molecular weight is 332 g/mol. The summed E-state index contributed by atoms with van der Waals surface area (Å²) in [5.74, 6) is 0. The van der Waals surface area contributed by atoms with Gasteiger partial charge in [0.15, 0.2) is 0 Å².